The zero-order chi connectivity index (χ0) is 12.3. The minimum atomic E-state index is 0.254. The van der Waals surface area contributed by atoms with Crippen LogP contribution in [0.1, 0.15) is 47.5 Å². The molecule has 3 heteroatoms. The van der Waals surface area contributed by atoms with E-state index in [2.05, 4.69) is 32.6 Å². The van der Waals surface area contributed by atoms with Crippen molar-refractivity contribution in [2.75, 3.05) is 13.1 Å². The molecule has 1 heterocycles. The SMILES string of the molecule is CC(=O)SC1CN(C(C)(C)CCC(C)C)C1. The highest BCUT2D eigenvalue weighted by molar-refractivity contribution is 8.14. The molecule has 0 saturated carbocycles. The first-order valence-corrected chi connectivity index (χ1v) is 7.11. The zero-order valence-electron chi connectivity index (χ0n) is 11.2. The molecule has 2 nitrogen and oxygen atoms in total. The van der Waals surface area contributed by atoms with Gasteiger partial charge in [0.25, 0.3) is 0 Å². The molecule has 0 aromatic heterocycles. The molecule has 1 aliphatic heterocycles. The van der Waals surface area contributed by atoms with Crippen LogP contribution in [0.2, 0.25) is 0 Å². The maximum Gasteiger partial charge on any atom is 0.186 e. The Labute approximate surface area is 104 Å². The molecule has 0 spiro atoms. The number of rotatable bonds is 5. The van der Waals surface area contributed by atoms with Crippen molar-refractivity contribution in [1.82, 2.24) is 4.90 Å². The molecule has 0 amide bonds. The zero-order valence-corrected chi connectivity index (χ0v) is 12.1. The van der Waals surface area contributed by atoms with E-state index in [1.807, 2.05) is 0 Å². The van der Waals surface area contributed by atoms with Crippen molar-refractivity contribution < 1.29 is 4.79 Å². The highest BCUT2D eigenvalue weighted by atomic mass is 32.2. The standard InChI is InChI=1S/C13H25NOS/c1-10(2)6-7-13(4,5)14-8-12(9-14)16-11(3)15/h10,12H,6-9H2,1-5H3. The Morgan fingerprint density at radius 3 is 2.44 bits per heavy atom. The first-order chi connectivity index (χ1) is 7.31. The van der Waals surface area contributed by atoms with Crippen LogP contribution in [0.5, 0.6) is 0 Å². The fourth-order valence-electron chi connectivity index (χ4n) is 2.04. The third kappa shape index (κ3) is 4.10. The van der Waals surface area contributed by atoms with Crippen LogP contribution in [0.25, 0.3) is 0 Å². The van der Waals surface area contributed by atoms with Crippen molar-refractivity contribution in [1.29, 1.82) is 0 Å². The maximum absolute atomic E-state index is 11.0. The van der Waals surface area contributed by atoms with Gasteiger partial charge < -0.3 is 0 Å². The number of hydrogen-bond acceptors (Lipinski definition) is 3. The fraction of sp³-hybridized carbons (Fsp3) is 0.923. The van der Waals surface area contributed by atoms with E-state index >= 15 is 0 Å². The van der Waals surface area contributed by atoms with Crippen LogP contribution < -0.4 is 0 Å². The van der Waals surface area contributed by atoms with E-state index in [1.165, 1.54) is 24.6 Å². The van der Waals surface area contributed by atoms with Crippen molar-refractivity contribution in [2.45, 2.75) is 58.2 Å². The number of likely N-dealkylation sites (tertiary alicyclic amines) is 1. The minimum absolute atomic E-state index is 0.254. The van der Waals surface area contributed by atoms with Crippen LogP contribution in [-0.4, -0.2) is 33.9 Å². The molecule has 0 aliphatic carbocycles. The molecule has 0 unspecified atom stereocenters. The highest BCUT2D eigenvalue weighted by Crippen LogP contribution is 2.32. The molecule has 1 aliphatic rings. The molecule has 1 saturated heterocycles. The van der Waals surface area contributed by atoms with Gasteiger partial charge in [0, 0.05) is 30.8 Å². The summed E-state index contributed by atoms with van der Waals surface area (Å²) in [4.78, 5) is 13.5. The van der Waals surface area contributed by atoms with Gasteiger partial charge in [0.1, 0.15) is 0 Å². The third-order valence-electron chi connectivity index (χ3n) is 3.37. The second-order valence-electron chi connectivity index (χ2n) is 5.88. The van der Waals surface area contributed by atoms with Gasteiger partial charge in [0.15, 0.2) is 5.12 Å². The van der Waals surface area contributed by atoms with Gasteiger partial charge in [-0.25, -0.2) is 0 Å². The summed E-state index contributed by atoms with van der Waals surface area (Å²) in [7, 11) is 0. The molecule has 0 aromatic carbocycles. The van der Waals surface area contributed by atoms with E-state index in [0.29, 0.717) is 10.8 Å². The molecular formula is C13H25NOS. The van der Waals surface area contributed by atoms with Gasteiger partial charge in [0.05, 0.1) is 0 Å². The van der Waals surface area contributed by atoms with Crippen LogP contribution in [0.3, 0.4) is 0 Å². The largest absolute Gasteiger partial charge is 0.296 e. The molecule has 1 fully saturated rings. The molecule has 0 N–H and O–H groups in total. The van der Waals surface area contributed by atoms with Gasteiger partial charge in [0.2, 0.25) is 0 Å². The van der Waals surface area contributed by atoms with Crippen LogP contribution in [-0.2, 0) is 4.79 Å². The summed E-state index contributed by atoms with van der Waals surface area (Å²) >= 11 is 1.50. The van der Waals surface area contributed by atoms with Crippen molar-refractivity contribution in [3.8, 4) is 0 Å². The van der Waals surface area contributed by atoms with E-state index in [-0.39, 0.29) is 5.12 Å². The topological polar surface area (TPSA) is 20.3 Å². The Morgan fingerprint density at radius 1 is 1.44 bits per heavy atom. The van der Waals surface area contributed by atoms with Gasteiger partial charge in [-0.1, -0.05) is 25.6 Å². The van der Waals surface area contributed by atoms with Crippen molar-refractivity contribution in [3.63, 3.8) is 0 Å². The van der Waals surface area contributed by atoms with E-state index < -0.39 is 0 Å². The third-order valence-corrected chi connectivity index (χ3v) is 4.33. The lowest BCUT2D eigenvalue weighted by Crippen LogP contribution is -2.59. The van der Waals surface area contributed by atoms with Crippen LogP contribution >= 0.6 is 11.8 Å². The molecule has 0 atom stereocenters. The molecule has 0 aromatic rings. The van der Waals surface area contributed by atoms with E-state index in [4.69, 9.17) is 0 Å². The maximum atomic E-state index is 11.0. The summed E-state index contributed by atoms with van der Waals surface area (Å²) in [5.74, 6) is 0.781. The van der Waals surface area contributed by atoms with E-state index in [1.54, 1.807) is 6.92 Å². The van der Waals surface area contributed by atoms with Gasteiger partial charge >= 0.3 is 0 Å². The number of thioether (sulfide) groups is 1. The number of hydrogen-bond donors (Lipinski definition) is 0. The molecule has 16 heavy (non-hydrogen) atoms. The highest BCUT2D eigenvalue weighted by Gasteiger charge is 2.37. The number of carbonyl (C=O) groups is 1. The monoisotopic (exact) mass is 243 g/mol. The second-order valence-corrected chi connectivity index (χ2v) is 7.36. The Bertz CT molecular complexity index is 244. The summed E-state index contributed by atoms with van der Waals surface area (Å²) < 4.78 is 0. The Balaban J connectivity index is 2.29. The first kappa shape index (κ1) is 14.0. The summed E-state index contributed by atoms with van der Waals surface area (Å²) in [6.45, 7) is 13.0. The predicted octanol–water partition coefficient (Wildman–Crippen LogP) is 3.17. The van der Waals surface area contributed by atoms with Gasteiger partial charge in [-0.05, 0) is 32.6 Å². The molecule has 0 radical (unpaired) electrons. The second kappa shape index (κ2) is 5.54. The normalized spacial score (nSPS) is 18.9. The summed E-state index contributed by atoms with van der Waals surface area (Å²) in [5.41, 5.74) is 0.304. The number of carbonyl (C=O) groups excluding carboxylic acids is 1. The van der Waals surface area contributed by atoms with Crippen molar-refractivity contribution >= 4 is 16.9 Å². The predicted molar refractivity (Wildman–Crippen MR) is 71.8 cm³/mol. The summed E-state index contributed by atoms with van der Waals surface area (Å²) in [6.07, 6.45) is 2.54. The quantitative estimate of drug-likeness (QED) is 0.740. The Kier molecular flexibility index (Phi) is 4.87. The Hall–Kier alpha value is -0.0200. The lowest BCUT2D eigenvalue weighted by Gasteiger charge is -2.49. The lowest BCUT2D eigenvalue weighted by molar-refractivity contribution is -0.109. The summed E-state index contributed by atoms with van der Waals surface area (Å²) in [5, 5.41) is 0.792. The molecule has 1 rings (SSSR count). The first-order valence-electron chi connectivity index (χ1n) is 6.23. The van der Waals surface area contributed by atoms with Crippen molar-refractivity contribution in [2.24, 2.45) is 5.92 Å². The van der Waals surface area contributed by atoms with Crippen LogP contribution in [0, 0.1) is 5.92 Å². The van der Waals surface area contributed by atoms with Gasteiger partial charge in [-0.15, -0.1) is 0 Å². The fourth-order valence-corrected chi connectivity index (χ4v) is 3.02. The van der Waals surface area contributed by atoms with Crippen LogP contribution in [0.4, 0.5) is 0 Å². The molecule has 0 bridgehead atoms. The Morgan fingerprint density at radius 2 is 2.00 bits per heavy atom. The van der Waals surface area contributed by atoms with Crippen LogP contribution in [0.15, 0.2) is 0 Å². The summed E-state index contributed by atoms with van der Waals surface area (Å²) in [6, 6.07) is 0. The lowest BCUT2D eigenvalue weighted by atomic mass is 9.89. The van der Waals surface area contributed by atoms with E-state index in [0.717, 1.165) is 19.0 Å². The van der Waals surface area contributed by atoms with Gasteiger partial charge in [-0.3, -0.25) is 9.69 Å². The number of nitrogens with zero attached hydrogens (tertiary/aromatic N) is 1. The smallest absolute Gasteiger partial charge is 0.186 e. The van der Waals surface area contributed by atoms with Crippen molar-refractivity contribution in [3.05, 3.63) is 0 Å². The molecular weight excluding hydrogens is 218 g/mol. The average molecular weight is 243 g/mol. The minimum Gasteiger partial charge on any atom is -0.296 e. The van der Waals surface area contributed by atoms with Gasteiger partial charge in [-0.2, -0.15) is 0 Å². The average Bonchev–Trinajstić information content (AvgIpc) is 2.07. The van der Waals surface area contributed by atoms with E-state index in [9.17, 15) is 4.79 Å². The molecule has 94 valence electrons.